The van der Waals surface area contributed by atoms with Crippen LogP contribution in [0.15, 0.2) is 58.3 Å². The number of carbonyl (C=O) groups excluding carboxylic acids is 1. The molecule has 2 aromatic carbocycles. The van der Waals surface area contributed by atoms with Gasteiger partial charge >= 0.3 is 5.97 Å². The van der Waals surface area contributed by atoms with E-state index in [-0.39, 0.29) is 11.7 Å². The molecule has 0 aliphatic rings. The average molecular weight is 428 g/mol. The third-order valence-electron chi connectivity index (χ3n) is 3.34. The van der Waals surface area contributed by atoms with Gasteiger partial charge in [0.25, 0.3) is 0 Å². The van der Waals surface area contributed by atoms with E-state index in [9.17, 15) is 9.59 Å². The number of rotatable bonds is 8. The molecule has 1 amide bonds. The van der Waals surface area contributed by atoms with Gasteiger partial charge in [-0.05, 0) is 48.5 Å². The standard InChI is InChI=1S/C11H15NO2S.C9H10O3S/c1-12(2)11(13)8-15-10-6-4-9(14-3)5-7-10;1-12-7-2-4-8(5-3-7)13-6-9(10)11/h4-7H,8H2,1-3H3;2-5H,6H2,1H3,(H,10,11)/i8+1,11+1;6+1,9+1. The van der Waals surface area contributed by atoms with Crippen LogP contribution in [0.5, 0.6) is 11.5 Å². The van der Waals surface area contributed by atoms with Crippen molar-refractivity contribution in [1.29, 1.82) is 0 Å². The number of nitrogens with zero attached hydrogens (tertiary/aromatic N) is 1. The second kappa shape index (κ2) is 13.0. The molecule has 0 atom stereocenters. The molecule has 0 bridgehead atoms. The van der Waals surface area contributed by atoms with Crippen molar-refractivity contribution < 1.29 is 24.2 Å². The first-order valence-electron chi connectivity index (χ1n) is 8.31. The van der Waals surface area contributed by atoms with E-state index in [1.807, 2.05) is 48.5 Å². The van der Waals surface area contributed by atoms with Gasteiger partial charge in [-0.3, -0.25) is 9.59 Å². The number of carboxylic acids is 1. The molecule has 0 heterocycles. The van der Waals surface area contributed by atoms with Crippen LogP contribution in [-0.2, 0) is 9.59 Å². The summed E-state index contributed by atoms with van der Waals surface area (Å²) in [4.78, 5) is 25.2. The van der Waals surface area contributed by atoms with Crippen LogP contribution in [0.1, 0.15) is 0 Å². The quantitative estimate of drug-likeness (QED) is 0.508. The lowest BCUT2D eigenvalue weighted by atomic mass is 10.3. The second-order valence-corrected chi connectivity index (χ2v) is 7.71. The molecule has 1 N–H and O–H groups in total. The fraction of sp³-hybridized carbons (Fsp3) is 0.300. The van der Waals surface area contributed by atoms with Gasteiger partial charge in [-0.25, -0.2) is 0 Å². The Bertz CT molecular complexity index is 733. The lowest BCUT2D eigenvalue weighted by Gasteiger charge is -2.09. The highest BCUT2D eigenvalue weighted by Crippen LogP contribution is 2.21. The molecule has 152 valence electrons. The largest absolute Gasteiger partial charge is 0.497 e. The highest BCUT2D eigenvalue weighted by atomic mass is 32.2. The van der Waals surface area contributed by atoms with E-state index in [2.05, 4.69) is 0 Å². The fourth-order valence-corrected chi connectivity index (χ4v) is 3.26. The molecule has 0 saturated carbocycles. The van der Waals surface area contributed by atoms with E-state index in [4.69, 9.17) is 14.6 Å². The number of carboxylic acid groups (broad SMARTS) is 1. The Morgan fingerprint density at radius 1 is 0.821 bits per heavy atom. The predicted octanol–water partition coefficient (Wildman–Crippen LogP) is 3.75. The van der Waals surface area contributed by atoms with Gasteiger partial charge in [0.05, 0.1) is 25.7 Å². The van der Waals surface area contributed by atoms with Gasteiger partial charge in [0.2, 0.25) is 5.91 Å². The molecule has 0 saturated heterocycles. The van der Waals surface area contributed by atoms with Crippen LogP contribution in [0, 0.1) is 0 Å². The minimum Gasteiger partial charge on any atom is -0.497 e. The molecule has 0 spiro atoms. The molecule has 0 radical (unpaired) electrons. The van der Waals surface area contributed by atoms with Crippen LogP contribution >= 0.6 is 23.5 Å². The van der Waals surface area contributed by atoms with Gasteiger partial charge in [-0.1, -0.05) is 0 Å². The monoisotopic (exact) mass is 427 g/mol. The van der Waals surface area contributed by atoms with Gasteiger partial charge in [0, 0.05) is 23.9 Å². The molecular formula is C20H25NO5S2. The average Bonchev–Trinajstić information content (AvgIpc) is 2.71. The first-order valence-corrected chi connectivity index (χ1v) is 10.3. The SMILES string of the molecule is COc1ccc(S[13CH2][13C](=O)N(C)C)cc1.COc1ccc(S[13CH2][13C](=O)O)cc1. The zero-order chi connectivity index (χ0) is 20.9. The predicted molar refractivity (Wildman–Crippen MR) is 114 cm³/mol. The summed E-state index contributed by atoms with van der Waals surface area (Å²) in [7, 11) is 6.75. The molecule has 2 rings (SSSR count). The molecule has 0 fully saturated rings. The maximum Gasteiger partial charge on any atom is 0.313 e. The summed E-state index contributed by atoms with van der Waals surface area (Å²) in [5, 5.41) is 8.43. The van der Waals surface area contributed by atoms with Crippen molar-refractivity contribution in [1.82, 2.24) is 4.90 Å². The maximum atomic E-state index is 11.3. The Balaban J connectivity index is 0.000000283. The molecule has 6 nitrogen and oxygen atoms in total. The molecule has 2 aromatic rings. The number of aliphatic carboxylic acids is 1. The van der Waals surface area contributed by atoms with Crippen LogP contribution in [-0.4, -0.2) is 61.7 Å². The number of hydrogen-bond acceptors (Lipinski definition) is 6. The van der Waals surface area contributed by atoms with Crippen molar-refractivity contribution in [3.05, 3.63) is 48.5 Å². The first-order chi connectivity index (χ1) is 13.3. The molecule has 28 heavy (non-hydrogen) atoms. The Morgan fingerprint density at radius 3 is 1.54 bits per heavy atom. The van der Waals surface area contributed by atoms with Crippen LogP contribution in [0.3, 0.4) is 0 Å². The summed E-state index contributed by atoms with van der Waals surface area (Å²) < 4.78 is 10.0. The molecule has 0 aliphatic carbocycles. The maximum absolute atomic E-state index is 11.3. The van der Waals surface area contributed by atoms with Crippen molar-refractivity contribution in [2.45, 2.75) is 9.79 Å². The normalized spacial score (nSPS) is 9.71. The molecule has 0 unspecified atom stereocenters. The summed E-state index contributed by atoms with van der Waals surface area (Å²) in [6.45, 7) is 0. The Labute approximate surface area is 174 Å². The van der Waals surface area contributed by atoms with Gasteiger partial charge in [-0.2, -0.15) is 0 Å². The van der Waals surface area contributed by atoms with Gasteiger partial charge in [0.15, 0.2) is 0 Å². The van der Waals surface area contributed by atoms with Crippen molar-refractivity contribution in [2.24, 2.45) is 0 Å². The number of hydrogen-bond donors (Lipinski definition) is 1. The van der Waals surface area contributed by atoms with E-state index >= 15 is 0 Å². The highest BCUT2D eigenvalue weighted by Gasteiger charge is 2.04. The topological polar surface area (TPSA) is 76.1 Å². The lowest BCUT2D eigenvalue weighted by molar-refractivity contribution is -0.134. The van der Waals surface area contributed by atoms with Crippen LogP contribution in [0.2, 0.25) is 0 Å². The minimum atomic E-state index is -0.805. The fourth-order valence-electron chi connectivity index (χ4n) is 1.76. The Kier molecular flexibility index (Phi) is 11.0. The van der Waals surface area contributed by atoms with E-state index in [0.29, 0.717) is 5.75 Å². The summed E-state index contributed by atoms with van der Waals surface area (Å²) in [6.07, 6.45) is 0. The Hall–Kier alpha value is -2.32. The molecule has 8 heteroatoms. The molecule has 0 aromatic heterocycles. The summed E-state index contributed by atoms with van der Waals surface area (Å²) in [5.41, 5.74) is 0. The van der Waals surface area contributed by atoms with E-state index < -0.39 is 5.97 Å². The molecule has 0 aliphatic heterocycles. The third kappa shape index (κ3) is 9.57. The first kappa shape index (κ1) is 23.7. The zero-order valence-corrected chi connectivity index (χ0v) is 18.0. The smallest absolute Gasteiger partial charge is 0.313 e. The highest BCUT2D eigenvalue weighted by molar-refractivity contribution is 8.00. The second-order valence-electron chi connectivity index (χ2n) is 5.61. The number of thioether (sulfide) groups is 2. The number of benzene rings is 2. The summed E-state index contributed by atoms with van der Waals surface area (Å²) >= 11 is 2.82. The van der Waals surface area contributed by atoms with E-state index in [1.165, 1.54) is 23.5 Å². The van der Waals surface area contributed by atoms with Gasteiger partial charge < -0.3 is 19.5 Å². The van der Waals surface area contributed by atoms with Crippen molar-refractivity contribution in [3.63, 3.8) is 0 Å². The lowest BCUT2D eigenvalue weighted by Crippen LogP contribution is -2.23. The third-order valence-corrected chi connectivity index (χ3v) is 5.34. The van der Waals surface area contributed by atoms with Gasteiger partial charge in [0.1, 0.15) is 11.5 Å². The van der Waals surface area contributed by atoms with E-state index in [0.717, 1.165) is 21.3 Å². The van der Waals surface area contributed by atoms with Crippen molar-refractivity contribution in [2.75, 3.05) is 39.8 Å². The minimum absolute atomic E-state index is 0.0896. The van der Waals surface area contributed by atoms with Crippen molar-refractivity contribution in [3.8, 4) is 11.5 Å². The number of methoxy groups -OCH3 is 2. The number of amides is 1. The summed E-state index contributed by atoms with van der Waals surface area (Å²) in [6, 6.07) is 15.0. The van der Waals surface area contributed by atoms with Crippen molar-refractivity contribution >= 4 is 35.4 Å². The summed E-state index contributed by atoms with van der Waals surface area (Å²) in [5.74, 6) is 1.49. The van der Waals surface area contributed by atoms with E-state index in [1.54, 1.807) is 33.2 Å². The zero-order valence-electron chi connectivity index (χ0n) is 16.4. The van der Waals surface area contributed by atoms with Crippen LogP contribution < -0.4 is 9.47 Å². The molecular weight excluding hydrogens is 402 g/mol. The van der Waals surface area contributed by atoms with Crippen LogP contribution in [0.25, 0.3) is 0 Å². The van der Waals surface area contributed by atoms with Gasteiger partial charge in [-0.15, -0.1) is 23.5 Å². The number of ether oxygens (including phenoxy) is 2. The van der Waals surface area contributed by atoms with Crippen LogP contribution in [0.4, 0.5) is 0 Å². The Morgan fingerprint density at radius 2 is 1.21 bits per heavy atom. The number of carbonyl (C=O) groups is 2.